The van der Waals surface area contributed by atoms with Crippen molar-refractivity contribution in [2.24, 2.45) is 13.0 Å². The number of aromatic nitrogens is 4. The lowest BCUT2D eigenvalue weighted by molar-refractivity contribution is 0.0572. The highest BCUT2D eigenvalue weighted by molar-refractivity contribution is 5.92. The van der Waals surface area contributed by atoms with Crippen LogP contribution in [0.2, 0.25) is 0 Å². The number of rotatable bonds is 6. The molecule has 2 aromatic rings. The number of nitrogens with one attached hydrogen (secondary N) is 1. The van der Waals surface area contributed by atoms with E-state index in [2.05, 4.69) is 34.2 Å². The van der Waals surface area contributed by atoms with Gasteiger partial charge in [0.1, 0.15) is 17.1 Å². The smallest absolute Gasteiger partial charge is 0.269 e. The zero-order valence-electron chi connectivity index (χ0n) is 15.5. The van der Waals surface area contributed by atoms with Crippen molar-refractivity contribution in [2.75, 3.05) is 24.5 Å². The molecule has 1 aliphatic heterocycles. The highest BCUT2D eigenvalue weighted by Crippen LogP contribution is 2.24. The lowest BCUT2D eigenvalue weighted by Crippen LogP contribution is -2.45. The Kier molecular flexibility index (Phi) is 5.22. The summed E-state index contributed by atoms with van der Waals surface area (Å²) in [6.45, 7) is 5.51. The number of hydrogen-bond donors (Lipinski definition) is 2. The van der Waals surface area contributed by atoms with E-state index >= 15 is 0 Å². The highest BCUT2D eigenvalue weighted by Gasteiger charge is 2.37. The van der Waals surface area contributed by atoms with Crippen molar-refractivity contribution in [3.8, 4) is 0 Å². The molecule has 0 bridgehead atoms. The van der Waals surface area contributed by atoms with Crippen LogP contribution in [0.5, 0.6) is 0 Å². The zero-order valence-corrected chi connectivity index (χ0v) is 15.5. The topological polar surface area (TPSA) is 96.2 Å². The molecule has 3 heterocycles. The average molecular weight is 358 g/mol. The number of aryl methyl sites for hydroxylation is 1. The molecule has 0 saturated carbocycles. The molecule has 0 unspecified atom stereocenters. The average Bonchev–Trinajstić information content (AvgIpc) is 3.17. The highest BCUT2D eigenvalue weighted by atomic mass is 16.3. The first kappa shape index (κ1) is 18.3. The molecule has 1 fully saturated rings. The fraction of sp³-hybridized carbons (Fsp3) is 0.556. The maximum Gasteiger partial charge on any atom is 0.269 e. The van der Waals surface area contributed by atoms with Crippen molar-refractivity contribution in [1.82, 2.24) is 25.1 Å². The number of β-amino-alcohol motifs (C(OH)–C–C–N with tert-alkyl or cyclic N) is 1. The number of anilines is 1. The van der Waals surface area contributed by atoms with Gasteiger partial charge in [-0.2, -0.15) is 5.10 Å². The Morgan fingerprint density at radius 2 is 2.23 bits per heavy atom. The summed E-state index contributed by atoms with van der Waals surface area (Å²) in [5.74, 6) is 0.994. The minimum atomic E-state index is -0.980. The van der Waals surface area contributed by atoms with E-state index in [-0.39, 0.29) is 12.5 Å². The number of carbonyl (C=O) groups excluding carboxylic acids is 1. The number of nitrogens with zero attached hydrogens (tertiary/aromatic N) is 5. The van der Waals surface area contributed by atoms with Crippen molar-refractivity contribution >= 4 is 11.7 Å². The number of amides is 1. The van der Waals surface area contributed by atoms with Gasteiger partial charge in [0.2, 0.25) is 0 Å². The molecule has 2 aromatic heterocycles. The lowest BCUT2D eigenvalue weighted by Gasteiger charge is -2.24. The van der Waals surface area contributed by atoms with Gasteiger partial charge in [-0.1, -0.05) is 13.8 Å². The summed E-state index contributed by atoms with van der Waals surface area (Å²) in [4.78, 5) is 22.8. The quantitative estimate of drug-likeness (QED) is 0.792. The SMILES string of the molecule is CC(C)Cc1cc(C(=O)NC[C@]2(O)CCN(c3cnccn3)C2)n(C)n1. The summed E-state index contributed by atoms with van der Waals surface area (Å²) in [5.41, 5.74) is 0.432. The molecule has 0 aliphatic carbocycles. The van der Waals surface area contributed by atoms with E-state index in [1.54, 1.807) is 30.3 Å². The molecule has 2 N–H and O–H groups in total. The molecule has 8 heteroatoms. The van der Waals surface area contributed by atoms with E-state index in [4.69, 9.17) is 0 Å². The number of aliphatic hydroxyl groups is 1. The first-order chi connectivity index (χ1) is 12.4. The Balaban J connectivity index is 1.58. The van der Waals surface area contributed by atoms with Crippen LogP contribution >= 0.6 is 0 Å². The van der Waals surface area contributed by atoms with Crippen LogP contribution in [-0.4, -0.2) is 56.0 Å². The van der Waals surface area contributed by atoms with E-state index in [9.17, 15) is 9.90 Å². The van der Waals surface area contributed by atoms with Crippen molar-refractivity contribution in [2.45, 2.75) is 32.3 Å². The van der Waals surface area contributed by atoms with Gasteiger partial charge in [-0.3, -0.25) is 14.5 Å². The van der Waals surface area contributed by atoms with E-state index in [0.29, 0.717) is 31.1 Å². The molecule has 8 nitrogen and oxygen atoms in total. The summed E-state index contributed by atoms with van der Waals surface area (Å²) in [7, 11) is 1.76. The predicted molar refractivity (Wildman–Crippen MR) is 97.9 cm³/mol. The first-order valence-electron chi connectivity index (χ1n) is 8.91. The summed E-state index contributed by atoms with van der Waals surface area (Å²) >= 11 is 0. The van der Waals surface area contributed by atoms with E-state index in [0.717, 1.165) is 17.9 Å². The molecule has 0 aromatic carbocycles. The third kappa shape index (κ3) is 4.19. The van der Waals surface area contributed by atoms with Gasteiger partial charge in [0.15, 0.2) is 0 Å². The van der Waals surface area contributed by atoms with Crippen LogP contribution < -0.4 is 10.2 Å². The Morgan fingerprint density at radius 3 is 2.92 bits per heavy atom. The minimum Gasteiger partial charge on any atom is -0.386 e. The summed E-state index contributed by atoms with van der Waals surface area (Å²) < 4.78 is 1.59. The van der Waals surface area contributed by atoms with Crippen LogP contribution in [0.1, 0.15) is 36.5 Å². The molecule has 1 aliphatic rings. The van der Waals surface area contributed by atoms with Gasteiger partial charge in [0, 0.05) is 39.1 Å². The Labute approximate surface area is 153 Å². The van der Waals surface area contributed by atoms with E-state index in [1.807, 2.05) is 11.0 Å². The first-order valence-corrected chi connectivity index (χ1v) is 8.91. The molecular formula is C18H26N6O2. The third-order valence-corrected chi connectivity index (χ3v) is 4.56. The Morgan fingerprint density at radius 1 is 1.42 bits per heavy atom. The molecule has 140 valence electrons. The van der Waals surface area contributed by atoms with Gasteiger partial charge in [0.25, 0.3) is 5.91 Å². The van der Waals surface area contributed by atoms with Crippen molar-refractivity contribution in [3.05, 3.63) is 36.0 Å². The molecular weight excluding hydrogens is 332 g/mol. The van der Waals surface area contributed by atoms with Gasteiger partial charge in [-0.05, 0) is 24.8 Å². The molecule has 26 heavy (non-hydrogen) atoms. The third-order valence-electron chi connectivity index (χ3n) is 4.56. The Hall–Kier alpha value is -2.48. The summed E-state index contributed by atoms with van der Waals surface area (Å²) in [6, 6.07) is 1.82. The second-order valence-electron chi connectivity index (χ2n) is 7.38. The van der Waals surface area contributed by atoms with Crippen LogP contribution in [0.4, 0.5) is 5.82 Å². The van der Waals surface area contributed by atoms with Gasteiger partial charge in [0.05, 0.1) is 11.9 Å². The van der Waals surface area contributed by atoms with Crippen LogP contribution in [0.15, 0.2) is 24.7 Å². The lowest BCUT2D eigenvalue weighted by atomic mass is 10.0. The number of hydrogen-bond acceptors (Lipinski definition) is 6. The number of carbonyl (C=O) groups is 1. The fourth-order valence-corrected chi connectivity index (χ4v) is 3.24. The van der Waals surface area contributed by atoms with Gasteiger partial charge >= 0.3 is 0 Å². The fourth-order valence-electron chi connectivity index (χ4n) is 3.24. The normalized spacial score (nSPS) is 20.0. The second-order valence-corrected chi connectivity index (χ2v) is 7.38. The summed E-state index contributed by atoms with van der Waals surface area (Å²) in [5, 5.41) is 18.0. The maximum absolute atomic E-state index is 12.5. The molecule has 0 radical (unpaired) electrons. The molecule has 1 saturated heterocycles. The zero-order chi connectivity index (χ0) is 18.7. The minimum absolute atomic E-state index is 0.188. The van der Waals surface area contributed by atoms with Crippen LogP contribution in [0.3, 0.4) is 0 Å². The second kappa shape index (κ2) is 7.41. The molecule has 3 rings (SSSR count). The van der Waals surface area contributed by atoms with Gasteiger partial charge in [-0.25, -0.2) is 4.98 Å². The predicted octanol–water partition coefficient (Wildman–Crippen LogP) is 0.780. The molecule has 1 amide bonds. The van der Waals surface area contributed by atoms with Crippen molar-refractivity contribution in [1.29, 1.82) is 0 Å². The van der Waals surface area contributed by atoms with Crippen LogP contribution in [-0.2, 0) is 13.5 Å². The van der Waals surface area contributed by atoms with Crippen LogP contribution in [0, 0.1) is 5.92 Å². The standard InChI is InChI=1S/C18H26N6O2/c1-13(2)8-14-9-15(23(3)22-14)17(25)21-11-18(26)4-7-24(12-18)16-10-19-5-6-20-16/h5-6,9-10,13,26H,4,7-8,11-12H2,1-3H3,(H,21,25)/t18-/m1/s1. The maximum atomic E-state index is 12.5. The summed E-state index contributed by atoms with van der Waals surface area (Å²) in [6.07, 6.45) is 6.32. The molecule has 0 spiro atoms. The van der Waals surface area contributed by atoms with Crippen LogP contribution in [0.25, 0.3) is 0 Å². The van der Waals surface area contributed by atoms with E-state index in [1.165, 1.54) is 0 Å². The van der Waals surface area contributed by atoms with Crippen molar-refractivity contribution in [3.63, 3.8) is 0 Å². The van der Waals surface area contributed by atoms with E-state index < -0.39 is 5.60 Å². The van der Waals surface area contributed by atoms with Gasteiger partial charge in [-0.15, -0.1) is 0 Å². The Bertz CT molecular complexity index is 760. The molecule has 1 atom stereocenters. The largest absolute Gasteiger partial charge is 0.386 e. The van der Waals surface area contributed by atoms with Crippen molar-refractivity contribution < 1.29 is 9.90 Å². The van der Waals surface area contributed by atoms with Gasteiger partial charge < -0.3 is 15.3 Å². The monoisotopic (exact) mass is 358 g/mol.